The van der Waals surface area contributed by atoms with Crippen molar-refractivity contribution in [3.63, 3.8) is 0 Å². The van der Waals surface area contributed by atoms with E-state index < -0.39 is 0 Å². The van der Waals surface area contributed by atoms with Crippen LogP contribution in [0.3, 0.4) is 0 Å². The Balaban J connectivity index is 1.73. The van der Waals surface area contributed by atoms with Crippen molar-refractivity contribution in [1.82, 2.24) is 9.88 Å². The third-order valence-electron chi connectivity index (χ3n) is 4.47. The number of aromatic nitrogens is 1. The Kier molecular flexibility index (Phi) is 6.58. The van der Waals surface area contributed by atoms with Gasteiger partial charge in [0, 0.05) is 30.5 Å². The van der Waals surface area contributed by atoms with Crippen molar-refractivity contribution in [1.29, 1.82) is 0 Å². The Bertz CT molecular complexity index is 972. The summed E-state index contributed by atoms with van der Waals surface area (Å²) >= 11 is 0. The minimum Gasteiger partial charge on any atom is -0.497 e. The fourth-order valence-electron chi connectivity index (χ4n) is 2.87. The molecule has 1 N–H and O–H groups in total. The van der Waals surface area contributed by atoms with Crippen LogP contribution in [0.25, 0.3) is 0 Å². The first-order valence-corrected chi connectivity index (χ1v) is 9.35. The number of amides is 2. The van der Waals surface area contributed by atoms with Crippen LogP contribution in [0.5, 0.6) is 5.75 Å². The molecule has 0 aliphatic heterocycles. The van der Waals surface area contributed by atoms with Gasteiger partial charge in [0.25, 0.3) is 11.8 Å². The largest absolute Gasteiger partial charge is 0.497 e. The molecule has 148 valence electrons. The maximum atomic E-state index is 12.9. The van der Waals surface area contributed by atoms with Crippen LogP contribution in [0, 0.1) is 0 Å². The molecule has 2 amide bonds. The van der Waals surface area contributed by atoms with Crippen molar-refractivity contribution in [3.8, 4) is 5.75 Å². The van der Waals surface area contributed by atoms with Crippen LogP contribution in [0.2, 0.25) is 0 Å². The first-order valence-electron chi connectivity index (χ1n) is 9.35. The van der Waals surface area contributed by atoms with Gasteiger partial charge < -0.3 is 15.0 Å². The Labute approximate surface area is 170 Å². The summed E-state index contributed by atoms with van der Waals surface area (Å²) in [6.07, 6.45) is 1.48. The first-order chi connectivity index (χ1) is 14.1. The van der Waals surface area contributed by atoms with Gasteiger partial charge in [0.2, 0.25) is 0 Å². The van der Waals surface area contributed by atoms with Crippen LogP contribution in [-0.4, -0.2) is 35.4 Å². The Morgan fingerprint density at radius 2 is 1.76 bits per heavy atom. The number of nitrogens with zero attached hydrogens (tertiary/aromatic N) is 2. The van der Waals surface area contributed by atoms with Gasteiger partial charge in [-0.05, 0) is 48.9 Å². The number of hydrogen-bond acceptors (Lipinski definition) is 4. The average Bonchev–Trinajstić information content (AvgIpc) is 2.78. The summed E-state index contributed by atoms with van der Waals surface area (Å²) in [7, 11) is 1.58. The molecule has 29 heavy (non-hydrogen) atoms. The summed E-state index contributed by atoms with van der Waals surface area (Å²) in [4.78, 5) is 31.3. The highest BCUT2D eigenvalue weighted by Crippen LogP contribution is 2.16. The molecule has 0 atom stereocenters. The molecule has 2 aromatic carbocycles. The summed E-state index contributed by atoms with van der Waals surface area (Å²) in [5.41, 5.74) is 2.28. The van der Waals surface area contributed by atoms with E-state index in [0.29, 0.717) is 30.1 Å². The molecule has 1 heterocycles. The number of anilines is 1. The number of ether oxygens (including phenoxy) is 1. The van der Waals surface area contributed by atoms with E-state index in [1.54, 1.807) is 42.3 Å². The number of benzene rings is 2. The molecule has 0 fully saturated rings. The second-order valence-electron chi connectivity index (χ2n) is 6.42. The molecule has 0 aliphatic rings. The molecule has 0 spiro atoms. The van der Waals surface area contributed by atoms with Crippen molar-refractivity contribution in [2.75, 3.05) is 19.0 Å². The molecule has 1 aromatic heterocycles. The van der Waals surface area contributed by atoms with E-state index >= 15 is 0 Å². The lowest BCUT2D eigenvalue weighted by Gasteiger charge is -2.21. The SMILES string of the molecule is CCN(Cc1ccccc1)C(=O)c1ccnc(C(=O)Nc2ccc(OC)cc2)c1. The third kappa shape index (κ3) is 5.19. The van der Waals surface area contributed by atoms with E-state index in [-0.39, 0.29) is 17.5 Å². The fourth-order valence-corrected chi connectivity index (χ4v) is 2.87. The number of carbonyl (C=O) groups excluding carboxylic acids is 2. The maximum absolute atomic E-state index is 12.9. The van der Waals surface area contributed by atoms with E-state index in [0.717, 1.165) is 5.56 Å². The number of hydrogen-bond donors (Lipinski definition) is 1. The summed E-state index contributed by atoms with van der Waals surface area (Å²) in [6.45, 7) is 2.99. The Morgan fingerprint density at radius 3 is 2.41 bits per heavy atom. The highest BCUT2D eigenvalue weighted by atomic mass is 16.5. The number of nitrogens with one attached hydrogen (secondary N) is 1. The molecule has 6 heteroatoms. The molecule has 0 aliphatic carbocycles. The number of pyridine rings is 1. The molecule has 0 saturated carbocycles. The zero-order valence-corrected chi connectivity index (χ0v) is 16.5. The second-order valence-corrected chi connectivity index (χ2v) is 6.42. The minimum absolute atomic E-state index is 0.141. The number of methoxy groups -OCH3 is 1. The smallest absolute Gasteiger partial charge is 0.274 e. The Hall–Kier alpha value is -3.67. The summed E-state index contributed by atoms with van der Waals surface area (Å²) in [6, 6.07) is 19.9. The van der Waals surface area contributed by atoms with Crippen molar-refractivity contribution in [2.45, 2.75) is 13.5 Å². The van der Waals surface area contributed by atoms with Crippen LogP contribution in [0.4, 0.5) is 5.69 Å². The highest BCUT2D eigenvalue weighted by Gasteiger charge is 2.17. The van der Waals surface area contributed by atoms with Gasteiger partial charge in [-0.1, -0.05) is 30.3 Å². The molecule has 0 radical (unpaired) electrons. The predicted molar refractivity (Wildman–Crippen MR) is 112 cm³/mol. The monoisotopic (exact) mass is 389 g/mol. The first kappa shape index (κ1) is 20.1. The third-order valence-corrected chi connectivity index (χ3v) is 4.47. The molecule has 0 unspecified atom stereocenters. The average molecular weight is 389 g/mol. The van der Waals surface area contributed by atoms with E-state index in [1.807, 2.05) is 37.3 Å². The van der Waals surface area contributed by atoms with Crippen molar-refractivity contribution in [2.24, 2.45) is 0 Å². The van der Waals surface area contributed by atoms with Gasteiger partial charge in [-0.2, -0.15) is 0 Å². The van der Waals surface area contributed by atoms with Gasteiger partial charge in [0.15, 0.2) is 0 Å². The number of rotatable bonds is 7. The molecule has 0 bridgehead atoms. The van der Waals surface area contributed by atoms with E-state index in [2.05, 4.69) is 10.3 Å². The van der Waals surface area contributed by atoms with Crippen molar-refractivity contribution >= 4 is 17.5 Å². The van der Waals surface area contributed by atoms with Crippen molar-refractivity contribution < 1.29 is 14.3 Å². The van der Waals surface area contributed by atoms with E-state index in [9.17, 15) is 9.59 Å². The Morgan fingerprint density at radius 1 is 1.03 bits per heavy atom. The summed E-state index contributed by atoms with van der Waals surface area (Å²) in [5, 5.41) is 2.78. The standard InChI is InChI=1S/C23H23N3O3/c1-3-26(16-17-7-5-4-6-8-17)23(28)18-13-14-24-21(15-18)22(27)25-19-9-11-20(29-2)12-10-19/h4-15H,3,16H2,1-2H3,(H,25,27). The predicted octanol–water partition coefficient (Wildman–Crippen LogP) is 4.00. The van der Waals surface area contributed by atoms with Crippen LogP contribution in [0.1, 0.15) is 33.3 Å². The lowest BCUT2D eigenvalue weighted by atomic mass is 10.1. The maximum Gasteiger partial charge on any atom is 0.274 e. The summed E-state index contributed by atoms with van der Waals surface area (Å²) in [5.74, 6) is 0.181. The van der Waals surface area contributed by atoms with Crippen LogP contribution in [0.15, 0.2) is 72.9 Å². The zero-order chi connectivity index (χ0) is 20.6. The van der Waals surface area contributed by atoms with Crippen molar-refractivity contribution in [3.05, 3.63) is 89.7 Å². The molecule has 3 rings (SSSR count). The van der Waals surface area contributed by atoms with Gasteiger partial charge in [0.1, 0.15) is 11.4 Å². The van der Waals surface area contributed by atoms with E-state index in [4.69, 9.17) is 4.74 Å². The lowest BCUT2D eigenvalue weighted by molar-refractivity contribution is 0.0752. The topological polar surface area (TPSA) is 71.5 Å². The second kappa shape index (κ2) is 9.50. The van der Waals surface area contributed by atoms with Crippen LogP contribution >= 0.6 is 0 Å². The lowest BCUT2D eigenvalue weighted by Crippen LogP contribution is -2.30. The number of carbonyl (C=O) groups is 2. The van der Waals surface area contributed by atoms with Gasteiger partial charge in [-0.15, -0.1) is 0 Å². The zero-order valence-electron chi connectivity index (χ0n) is 16.5. The molecular weight excluding hydrogens is 366 g/mol. The molecule has 6 nitrogen and oxygen atoms in total. The van der Waals surface area contributed by atoms with E-state index in [1.165, 1.54) is 12.3 Å². The quantitative estimate of drug-likeness (QED) is 0.663. The molecule has 0 saturated heterocycles. The highest BCUT2D eigenvalue weighted by molar-refractivity contribution is 6.04. The van der Waals surface area contributed by atoms with Gasteiger partial charge in [0.05, 0.1) is 7.11 Å². The fraction of sp³-hybridized carbons (Fsp3) is 0.174. The van der Waals surface area contributed by atoms with Gasteiger partial charge in [-0.3, -0.25) is 14.6 Å². The van der Waals surface area contributed by atoms with Crippen LogP contribution in [-0.2, 0) is 6.54 Å². The molecule has 3 aromatic rings. The summed E-state index contributed by atoms with van der Waals surface area (Å²) < 4.78 is 5.11. The molecular formula is C23H23N3O3. The van der Waals surface area contributed by atoms with Gasteiger partial charge >= 0.3 is 0 Å². The van der Waals surface area contributed by atoms with Crippen LogP contribution < -0.4 is 10.1 Å². The van der Waals surface area contributed by atoms with Gasteiger partial charge in [-0.25, -0.2) is 0 Å². The minimum atomic E-state index is -0.379. The normalized spacial score (nSPS) is 10.3.